The Labute approximate surface area is 502 Å². The van der Waals surface area contributed by atoms with Crippen molar-refractivity contribution in [2.45, 2.75) is 165 Å². The molecule has 0 radical (unpaired) electrons. The zero-order valence-corrected chi connectivity index (χ0v) is 49.3. The molecule has 0 spiro atoms. The van der Waals surface area contributed by atoms with Crippen molar-refractivity contribution in [3.63, 3.8) is 0 Å². The van der Waals surface area contributed by atoms with E-state index in [0.717, 1.165) is 33.4 Å². The summed E-state index contributed by atoms with van der Waals surface area (Å²) >= 11 is 1.25. The lowest BCUT2D eigenvalue weighted by Gasteiger charge is -2.50. The molecule has 4 aliphatic rings. The van der Waals surface area contributed by atoms with Crippen molar-refractivity contribution in [1.82, 2.24) is 5.32 Å². The van der Waals surface area contributed by atoms with Crippen molar-refractivity contribution in [1.29, 1.82) is 0 Å². The van der Waals surface area contributed by atoms with Crippen molar-refractivity contribution >= 4 is 17.9 Å². The summed E-state index contributed by atoms with van der Waals surface area (Å²) in [6, 6.07) is 57.8. The average Bonchev–Trinajstić information content (AvgIpc) is 2.49. The molecule has 10 rings (SSSR count). The lowest BCUT2D eigenvalue weighted by Crippen LogP contribution is -2.68. The zero-order chi connectivity index (χ0) is 58.8. The minimum absolute atomic E-state index is 0.0253. The summed E-state index contributed by atoms with van der Waals surface area (Å²) in [5.74, 6) is -0.796. The summed E-state index contributed by atoms with van der Waals surface area (Å²) < 4.78 is 95.3. The van der Waals surface area contributed by atoms with E-state index in [1.807, 2.05) is 203 Å². The number of carbonyl (C=O) groups is 1. The molecule has 6 aromatic rings. The van der Waals surface area contributed by atoms with Gasteiger partial charge in [0.25, 0.3) is 0 Å². The number of ether oxygens (including phenoxy) is 13. The van der Waals surface area contributed by atoms with Crippen molar-refractivity contribution in [2.75, 3.05) is 25.6 Å². The number of amides is 1. The van der Waals surface area contributed by atoms with Gasteiger partial charge in [-0.3, -0.25) is 8.98 Å². The Balaban J connectivity index is 1.02. The van der Waals surface area contributed by atoms with Crippen molar-refractivity contribution in [3.05, 3.63) is 215 Å². The van der Waals surface area contributed by atoms with E-state index in [1.54, 1.807) is 0 Å². The second-order valence-corrected chi connectivity index (χ2v) is 22.9. The highest BCUT2D eigenvalue weighted by atomic mass is 32.2. The highest BCUT2D eigenvalue weighted by molar-refractivity contribution is 7.94. The molecule has 15 atom stereocenters. The van der Waals surface area contributed by atoms with Crippen LogP contribution in [0.15, 0.2) is 182 Å². The van der Waals surface area contributed by atoms with Crippen LogP contribution in [0.5, 0.6) is 0 Å². The molecule has 85 heavy (non-hydrogen) atoms. The largest absolute Gasteiger partial charge is 0.387 e. The maximum Gasteiger partial charge on any atom is 0.217 e. The molecule has 1 amide bonds. The van der Waals surface area contributed by atoms with Gasteiger partial charge in [-0.15, -0.1) is 0 Å². The molecule has 0 aromatic heterocycles. The topological polar surface area (TPSA) is 179 Å². The summed E-state index contributed by atoms with van der Waals surface area (Å²) in [7, 11) is 0. The fraction of sp³-hybridized carbons (Fsp3) is 0.448. The smallest absolute Gasteiger partial charge is 0.217 e. The Hall–Kier alpha value is -5.46. The highest BCUT2D eigenvalue weighted by Gasteiger charge is 2.59. The first-order valence-corrected chi connectivity index (χ1v) is 30.2. The van der Waals surface area contributed by atoms with Gasteiger partial charge in [0.05, 0.1) is 59.5 Å². The number of aliphatic hydroxyl groups is 1. The van der Waals surface area contributed by atoms with Gasteiger partial charge >= 0.3 is 0 Å². The summed E-state index contributed by atoms with van der Waals surface area (Å²) in [5.41, 5.74) is 5.51. The number of aliphatic hydroxyl groups excluding tert-OH is 1. The second kappa shape index (κ2) is 31.4. The molecule has 4 aliphatic heterocycles. The molecule has 0 bridgehead atoms. The number of hydrogen-bond acceptors (Lipinski definition) is 17. The quantitative estimate of drug-likeness (QED) is 0.0424. The average molecular weight is 1190 g/mol. The Morgan fingerprint density at radius 3 is 1.31 bits per heavy atom. The number of nitrogens with one attached hydrogen (secondary N) is 1. The van der Waals surface area contributed by atoms with E-state index in [0.29, 0.717) is 12.4 Å². The Morgan fingerprint density at radius 1 is 0.471 bits per heavy atom. The molecule has 18 heteroatoms. The minimum Gasteiger partial charge on any atom is -0.387 e. The van der Waals surface area contributed by atoms with Crippen molar-refractivity contribution in [2.24, 2.45) is 0 Å². The van der Waals surface area contributed by atoms with Crippen molar-refractivity contribution < 1.29 is 75.7 Å². The van der Waals surface area contributed by atoms with Gasteiger partial charge in [0, 0.05) is 12.7 Å². The van der Waals surface area contributed by atoms with Crippen LogP contribution in [0.3, 0.4) is 0 Å². The lowest BCUT2D eigenvalue weighted by atomic mass is 9.94. The van der Waals surface area contributed by atoms with Gasteiger partial charge in [-0.25, -0.2) is 0 Å². The fourth-order valence-electron chi connectivity index (χ4n) is 11.0. The predicted octanol–water partition coefficient (Wildman–Crippen LogP) is 9.41. The third-order valence-corrected chi connectivity index (χ3v) is 15.5. The lowest BCUT2D eigenvalue weighted by molar-refractivity contribution is -0.379. The van der Waals surface area contributed by atoms with Crippen LogP contribution < -0.4 is 5.32 Å². The van der Waals surface area contributed by atoms with E-state index < -0.39 is 97.8 Å². The third kappa shape index (κ3) is 17.6. The van der Waals surface area contributed by atoms with Crippen LogP contribution in [0, 0.1) is 0 Å². The van der Waals surface area contributed by atoms with Gasteiger partial charge in [0.15, 0.2) is 24.7 Å². The predicted molar refractivity (Wildman–Crippen MR) is 316 cm³/mol. The first-order valence-electron chi connectivity index (χ1n) is 29.3. The number of fused-ring (bicyclic) bond motifs is 1. The van der Waals surface area contributed by atoms with E-state index in [9.17, 15) is 9.90 Å². The van der Waals surface area contributed by atoms with Gasteiger partial charge in [0.1, 0.15) is 73.2 Å². The Bertz CT molecular complexity index is 2870. The van der Waals surface area contributed by atoms with Crippen LogP contribution in [0.25, 0.3) is 0 Å². The molecule has 0 unspecified atom stereocenters. The molecule has 4 saturated heterocycles. The molecule has 454 valence electrons. The molecule has 4 heterocycles. The summed E-state index contributed by atoms with van der Waals surface area (Å²) in [6.45, 7) is 8.21. The van der Waals surface area contributed by atoms with Crippen molar-refractivity contribution in [3.8, 4) is 0 Å². The summed E-state index contributed by atoms with van der Waals surface area (Å²) in [5, 5.41) is 16.4. The summed E-state index contributed by atoms with van der Waals surface area (Å²) in [6.07, 6.45) is -14.6. The monoisotopic (exact) mass is 1190 g/mol. The molecule has 6 aromatic carbocycles. The molecular formula is C67H79NO16S. The highest BCUT2D eigenvalue weighted by Crippen LogP contribution is 2.41. The SMILES string of the molecule is CCSO[C@@H]1O[C@H](COCc2ccccc2)[C@@H](O[C@@H]2O[C@H](COCc3ccccc3)[C@H](O[C@@H]3O[C@H](COCc4ccccc4)[C@@H]4OC(C)(C)O[C@@H]4[C@H]3NC(C)=O)[C@H](O)[C@H]2OCc2ccccc2)[C@H](OCc2ccccc2)[C@H]1OCc1ccccc1. The van der Waals surface area contributed by atoms with Gasteiger partial charge < -0.3 is 72.0 Å². The van der Waals surface area contributed by atoms with Crippen LogP contribution in [0.1, 0.15) is 61.1 Å². The van der Waals surface area contributed by atoms with E-state index >= 15 is 0 Å². The van der Waals surface area contributed by atoms with E-state index in [-0.39, 0.29) is 58.8 Å². The fourth-order valence-corrected chi connectivity index (χ4v) is 11.4. The number of carbonyl (C=O) groups excluding carboxylic acids is 1. The van der Waals surface area contributed by atoms with E-state index in [2.05, 4.69) is 5.32 Å². The first-order chi connectivity index (χ1) is 41.6. The van der Waals surface area contributed by atoms with Crippen LogP contribution in [-0.2, 0) is 110 Å². The third-order valence-electron chi connectivity index (χ3n) is 15.0. The molecule has 17 nitrogen and oxygen atoms in total. The summed E-state index contributed by atoms with van der Waals surface area (Å²) in [4.78, 5) is 13.2. The Morgan fingerprint density at radius 2 is 0.847 bits per heavy atom. The second-order valence-electron chi connectivity index (χ2n) is 21.9. The van der Waals surface area contributed by atoms with E-state index in [4.69, 9.17) is 65.8 Å². The van der Waals surface area contributed by atoms with Crippen LogP contribution in [0.4, 0.5) is 0 Å². The molecular weight excluding hydrogens is 1110 g/mol. The normalized spacial score (nSPS) is 29.0. The number of rotatable bonds is 29. The van der Waals surface area contributed by atoms with E-state index in [1.165, 1.54) is 19.0 Å². The molecule has 0 aliphatic carbocycles. The number of benzene rings is 6. The van der Waals surface area contributed by atoms with Gasteiger partial charge in [0.2, 0.25) is 5.91 Å². The first kappa shape index (κ1) is 62.6. The van der Waals surface area contributed by atoms with Gasteiger partial charge in [-0.05, 0) is 59.3 Å². The van der Waals surface area contributed by atoms with Gasteiger partial charge in [-0.2, -0.15) is 0 Å². The van der Waals surface area contributed by atoms with Crippen LogP contribution >= 0.6 is 12.0 Å². The Kier molecular flexibility index (Phi) is 23.2. The zero-order valence-electron chi connectivity index (χ0n) is 48.5. The van der Waals surface area contributed by atoms with Crippen LogP contribution in [0.2, 0.25) is 0 Å². The molecule has 0 saturated carbocycles. The minimum atomic E-state index is -1.51. The standard InChI is InChI=1S/C67H79NO16S/c1-5-85-84-66-63(76-41-51-34-22-11-23-35-51)62(75-40-50-32-20-10-21-33-50)58(53(79-66)43-72-37-47-26-14-7-15-27-47)81-65-61(74-39-49-30-18-9-19-31-49)56(70)57(52(78-65)42-71-36-46-24-12-6-13-25-46)80-64-55(68-45(2)69)60-59(82-67(3,4)83-60)54(77-64)44-73-38-48-28-16-8-17-29-48/h6-35,52-66,70H,5,36-44H2,1-4H3,(H,68,69)/t52-,53-,54-,55-,56+,57+,58-,59+,60-,61-,62+,63-,64+,65+,66+/m1/s1. The van der Waals surface area contributed by atoms with Gasteiger partial charge in [-0.1, -0.05) is 189 Å². The molecule has 4 fully saturated rings. The maximum atomic E-state index is 13.3. The van der Waals surface area contributed by atoms with Crippen LogP contribution in [-0.4, -0.2) is 134 Å². The number of hydrogen-bond donors (Lipinski definition) is 2. The molecule has 2 N–H and O–H groups in total. The maximum absolute atomic E-state index is 13.3.